The Hall–Kier alpha value is -2.12. The van der Waals surface area contributed by atoms with Gasteiger partial charge in [-0.15, -0.1) is 0 Å². The van der Waals surface area contributed by atoms with Gasteiger partial charge in [-0.1, -0.05) is 0 Å². The van der Waals surface area contributed by atoms with E-state index in [0.717, 1.165) is 0 Å². The monoisotopic (exact) mass is 342 g/mol. The minimum Gasteiger partial charge on any atom is -0.388 e. The molecule has 1 aliphatic carbocycles. The highest BCUT2D eigenvalue weighted by Crippen LogP contribution is 2.25. The molecule has 0 spiro atoms. The molecule has 0 aromatic carbocycles. The van der Waals surface area contributed by atoms with Gasteiger partial charge in [0.15, 0.2) is 11.9 Å². The summed E-state index contributed by atoms with van der Waals surface area (Å²) in [4.78, 5) is 17.9. The molecule has 0 heterocycles. The summed E-state index contributed by atoms with van der Waals surface area (Å²) in [5.41, 5.74) is 15.5. The SMILES string of the molecule is NC(N)=NC1CC(N=C(N)NC(=O)C(F)(F)F)C(O)C(O)C1O. The van der Waals surface area contributed by atoms with Crippen molar-refractivity contribution in [3.05, 3.63) is 0 Å². The molecule has 10 N–H and O–H groups in total. The molecular formula is C10H17F3N6O4. The Morgan fingerprint density at radius 3 is 1.91 bits per heavy atom. The van der Waals surface area contributed by atoms with Crippen LogP contribution in [0, 0.1) is 0 Å². The number of hydrogen-bond acceptors (Lipinski definition) is 6. The lowest BCUT2D eigenvalue weighted by Gasteiger charge is -2.37. The van der Waals surface area contributed by atoms with Crippen LogP contribution >= 0.6 is 0 Å². The number of hydrogen-bond donors (Lipinski definition) is 7. The van der Waals surface area contributed by atoms with Crippen LogP contribution in [0.5, 0.6) is 0 Å². The van der Waals surface area contributed by atoms with Crippen molar-refractivity contribution >= 4 is 17.8 Å². The average molecular weight is 342 g/mol. The van der Waals surface area contributed by atoms with E-state index in [-0.39, 0.29) is 6.42 Å². The Labute approximate surface area is 127 Å². The minimum absolute atomic E-state index is 0.222. The number of nitrogens with zero attached hydrogens (tertiary/aromatic N) is 2. The van der Waals surface area contributed by atoms with Gasteiger partial charge < -0.3 is 32.5 Å². The van der Waals surface area contributed by atoms with E-state index in [0.29, 0.717) is 0 Å². The molecule has 10 nitrogen and oxygen atoms in total. The van der Waals surface area contributed by atoms with Crippen molar-refractivity contribution in [3.63, 3.8) is 0 Å². The van der Waals surface area contributed by atoms with E-state index in [4.69, 9.17) is 17.2 Å². The molecule has 1 amide bonds. The lowest BCUT2D eigenvalue weighted by atomic mass is 9.84. The second-order valence-electron chi connectivity index (χ2n) is 4.86. The number of halogens is 3. The van der Waals surface area contributed by atoms with Crippen molar-refractivity contribution in [1.82, 2.24) is 5.32 Å². The highest BCUT2D eigenvalue weighted by atomic mass is 19.4. The lowest BCUT2D eigenvalue weighted by molar-refractivity contribution is -0.171. The fourth-order valence-corrected chi connectivity index (χ4v) is 2.03. The number of amides is 1. The topological polar surface area (TPSA) is 193 Å². The highest BCUT2D eigenvalue weighted by molar-refractivity contribution is 5.98. The Bertz CT molecular complexity index is 507. The van der Waals surface area contributed by atoms with Gasteiger partial charge >= 0.3 is 12.1 Å². The van der Waals surface area contributed by atoms with E-state index in [1.54, 1.807) is 0 Å². The Morgan fingerprint density at radius 2 is 1.48 bits per heavy atom. The number of aliphatic imine (C=N–C) groups is 2. The summed E-state index contributed by atoms with van der Waals surface area (Å²) in [6.45, 7) is 0. The number of aliphatic hydroxyl groups excluding tert-OH is 3. The third kappa shape index (κ3) is 4.94. The van der Waals surface area contributed by atoms with Crippen LogP contribution in [0.25, 0.3) is 0 Å². The first-order valence-corrected chi connectivity index (χ1v) is 6.28. The van der Waals surface area contributed by atoms with Crippen LogP contribution in [0.2, 0.25) is 0 Å². The number of rotatable bonds is 2. The number of carbonyl (C=O) groups is 1. The summed E-state index contributed by atoms with van der Waals surface area (Å²) < 4.78 is 36.3. The fourth-order valence-electron chi connectivity index (χ4n) is 2.03. The first-order valence-electron chi connectivity index (χ1n) is 6.28. The van der Waals surface area contributed by atoms with Crippen molar-refractivity contribution in [3.8, 4) is 0 Å². The van der Waals surface area contributed by atoms with E-state index in [1.165, 1.54) is 5.32 Å². The molecule has 0 aromatic rings. The van der Waals surface area contributed by atoms with Crippen molar-refractivity contribution in [1.29, 1.82) is 0 Å². The molecular weight excluding hydrogens is 325 g/mol. The second kappa shape index (κ2) is 6.97. The second-order valence-corrected chi connectivity index (χ2v) is 4.86. The molecule has 0 aromatic heterocycles. The van der Waals surface area contributed by atoms with Gasteiger partial charge in [-0.3, -0.25) is 10.1 Å². The van der Waals surface area contributed by atoms with Gasteiger partial charge in [-0.25, -0.2) is 9.98 Å². The maximum absolute atomic E-state index is 12.1. The van der Waals surface area contributed by atoms with E-state index in [1.807, 2.05) is 0 Å². The Balaban J connectivity index is 2.90. The first kappa shape index (κ1) is 18.9. The molecule has 23 heavy (non-hydrogen) atoms. The molecule has 13 heteroatoms. The number of alkyl halides is 3. The molecule has 5 unspecified atom stereocenters. The molecule has 0 saturated heterocycles. The lowest BCUT2D eigenvalue weighted by Crippen LogP contribution is -2.56. The quantitative estimate of drug-likeness (QED) is 0.199. The zero-order chi connectivity index (χ0) is 17.9. The Kier molecular flexibility index (Phi) is 5.74. The molecule has 0 aliphatic heterocycles. The van der Waals surface area contributed by atoms with Crippen LogP contribution in [0.1, 0.15) is 6.42 Å². The molecule has 1 rings (SSSR count). The summed E-state index contributed by atoms with van der Waals surface area (Å²) in [5, 5.41) is 30.5. The third-order valence-corrected chi connectivity index (χ3v) is 3.09. The van der Waals surface area contributed by atoms with Gasteiger partial charge in [-0.2, -0.15) is 13.2 Å². The predicted octanol–water partition coefficient (Wildman–Crippen LogP) is -3.52. The Morgan fingerprint density at radius 1 is 1.00 bits per heavy atom. The summed E-state index contributed by atoms with van der Waals surface area (Å²) in [7, 11) is 0. The van der Waals surface area contributed by atoms with E-state index >= 15 is 0 Å². The van der Waals surface area contributed by atoms with Gasteiger partial charge in [0, 0.05) is 0 Å². The number of nitrogens with one attached hydrogen (secondary N) is 1. The number of carbonyl (C=O) groups excluding carboxylic acids is 1. The molecule has 132 valence electrons. The van der Waals surface area contributed by atoms with Crippen molar-refractivity contribution in [2.24, 2.45) is 27.2 Å². The van der Waals surface area contributed by atoms with E-state index < -0.39 is 54.4 Å². The zero-order valence-corrected chi connectivity index (χ0v) is 11.6. The van der Waals surface area contributed by atoms with Crippen LogP contribution in [0.4, 0.5) is 13.2 Å². The maximum atomic E-state index is 12.1. The van der Waals surface area contributed by atoms with Gasteiger partial charge in [0.2, 0.25) is 0 Å². The summed E-state index contributed by atoms with van der Waals surface area (Å²) in [5.74, 6) is -3.66. The third-order valence-electron chi connectivity index (χ3n) is 3.09. The number of aliphatic hydroxyl groups is 3. The smallest absolute Gasteiger partial charge is 0.388 e. The summed E-state index contributed by atoms with van der Waals surface area (Å²) in [6.07, 6.45) is -10.3. The standard InChI is InChI=1S/C10H17F3N6O4/c11-10(12,13)7(23)19-9(16)18-3-1-2(17-8(14)15)4(20)6(22)5(3)21/h2-6,20-22H,1H2,(H4,14,15,17)(H3,16,18,19,23). The predicted molar refractivity (Wildman–Crippen MR) is 71.8 cm³/mol. The number of nitrogens with two attached hydrogens (primary N) is 3. The summed E-state index contributed by atoms with van der Waals surface area (Å²) >= 11 is 0. The van der Waals surface area contributed by atoms with E-state index in [2.05, 4.69) is 9.98 Å². The molecule has 1 aliphatic rings. The van der Waals surface area contributed by atoms with Gasteiger partial charge in [0.05, 0.1) is 12.1 Å². The molecule has 1 saturated carbocycles. The average Bonchev–Trinajstić information content (AvgIpc) is 2.40. The van der Waals surface area contributed by atoms with Crippen molar-refractivity contribution in [2.75, 3.05) is 0 Å². The van der Waals surface area contributed by atoms with Crippen LogP contribution in [-0.4, -0.2) is 69.7 Å². The zero-order valence-electron chi connectivity index (χ0n) is 11.6. The summed E-state index contributed by atoms with van der Waals surface area (Å²) in [6, 6.07) is -2.30. The number of guanidine groups is 2. The van der Waals surface area contributed by atoms with Gasteiger partial charge in [-0.05, 0) is 6.42 Å². The maximum Gasteiger partial charge on any atom is 0.471 e. The van der Waals surface area contributed by atoms with Crippen molar-refractivity contribution in [2.45, 2.75) is 43.0 Å². The van der Waals surface area contributed by atoms with Crippen LogP contribution in [0.15, 0.2) is 9.98 Å². The van der Waals surface area contributed by atoms with Crippen LogP contribution in [0.3, 0.4) is 0 Å². The molecule has 0 bridgehead atoms. The minimum atomic E-state index is -5.16. The molecule has 5 atom stereocenters. The van der Waals surface area contributed by atoms with Gasteiger partial charge in [0.1, 0.15) is 18.3 Å². The van der Waals surface area contributed by atoms with E-state index in [9.17, 15) is 33.3 Å². The van der Waals surface area contributed by atoms with Crippen molar-refractivity contribution < 1.29 is 33.3 Å². The molecule has 1 fully saturated rings. The fraction of sp³-hybridized carbons (Fsp3) is 0.700. The van der Waals surface area contributed by atoms with Crippen LogP contribution in [-0.2, 0) is 4.79 Å². The van der Waals surface area contributed by atoms with Gasteiger partial charge in [0.25, 0.3) is 0 Å². The van der Waals surface area contributed by atoms with Crippen LogP contribution < -0.4 is 22.5 Å². The largest absolute Gasteiger partial charge is 0.471 e. The first-order chi connectivity index (χ1) is 10.4. The molecule has 0 radical (unpaired) electrons. The normalized spacial score (nSPS) is 32.3. The highest BCUT2D eigenvalue weighted by Gasteiger charge is 2.43.